The lowest BCUT2D eigenvalue weighted by atomic mass is 10.2. The second-order valence-corrected chi connectivity index (χ2v) is 6.14. The molecule has 5 nitrogen and oxygen atoms in total. The Balaban J connectivity index is 3.06. The van der Waals surface area contributed by atoms with Gasteiger partial charge in [0.1, 0.15) is 5.82 Å². The van der Waals surface area contributed by atoms with Crippen LogP contribution in [-0.2, 0) is 19.6 Å². The van der Waals surface area contributed by atoms with E-state index in [0.717, 1.165) is 10.4 Å². The van der Waals surface area contributed by atoms with Gasteiger partial charge in [0.25, 0.3) is 0 Å². The highest BCUT2D eigenvalue weighted by Gasteiger charge is 2.25. The maximum atomic E-state index is 13.3. The number of methoxy groups -OCH3 is 1. The minimum absolute atomic E-state index is 0.00145. The molecule has 0 aliphatic carbocycles. The summed E-state index contributed by atoms with van der Waals surface area (Å²) in [5, 5.41) is 0. The molecule has 0 heterocycles. The summed E-state index contributed by atoms with van der Waals surface area (Å²) in [4.78, 5) is 11.0. The summed E-state index contributed by atoms with van der Waals surface area (Å²) < 4.78 is 43.8. The number of rotatable bonds is 6. The van der Waals surface area contributed by atoms with Crippen molar-refractivity contribution in [1.82, 2.24) is 4.31 Å². The van der Waals surface area contributed by atoms with E-state index in [1.807, 2.05) is 0 Å². The van der Waals surface area contributed by atoms with E-state index in [4.69, 9.17) is 0 Å². The first kappa shape index (κ1) is 16.6. The Morgan fingerprint density at radius 1 is 1.40 bits per heavy atom. The van der Waals surface area contributed by atoms with Crippen LogP contribution in [0.1, 0.15) is 18.9 Å². The van der Waals surface area contributed by atoms with Crippen LogP contribution >= 0.6 is 0 Å². The van der Waals surface area contributed by atoms with Gasteiger partial charge < -0.3 is 4.74 Å². The van der Waals surface area contributed by atoms with Crippen molar-refractivity contribution in [2.45, 2.75) is 25.2 Å². The Morgan fingerprint density at radius 2 is 2.05 bits per heavy atom. The third-order valence-electron chi connectivity index (χ3n) is 2.91. The number of carbonyl (C=O) groups excluding carboxylic acids is 1. The normalized spacial score (nSPS) is 11.7. The van der Waals surface area contributed by atoms with Gasteiger partial charge in [0.2, 0.25) is 10.0 Å². The quantitative estimate of drug-likeness (QED) is 0.751. The molecule has 20 heavy (non-hydrogen) atoms. The molecule has 0 amide bonds. The zero-order valence-electron chi connectivity index (χ0n) is 11.7. The van der Waals surface area contributed by atoms with Gasteiger partial charge in [-0.3, -0.25) is 4.79 Å². The van der Waals surface area contributed by atoms with E-state index in [1.165, 1.54) is 19.2 Å². The number of benzene rings is 1. The Labute approximate surface area is 118 Å². The molecule has 0 radical (unpaired) electrons. The van der Waals surface area contributed by atoms with Crippen molar-refractivity contribution in [3.63, 3.8) is 0 Å². The molecular weight excluding hydrogens is 285 g/mol. The van der Waals surface area contributed by atoms with Crippen LogP contribution in [0.5, 0.6) is 0 Å². The van der Waals surface area contributed by atoms with Crippen molar-refractivity contribution in [3.8, 4) is 0 Å². The van der Waals surface area contributed by atoms with Crippen LogP contribution in [0.4, 0.5) is 4.39 Å². The smallest absolute Gasteiger partial charge is 0.306 e. The molecular formula is C13H18FNO4S. The molecule has 0 saturated carbocycles. The van der Waals surface area contributed by atoms with Crippen molar-refractivity contribution in [2.75, 3.05) is 20.2 Å². The van der Waals surface area contributed by atoms with Crippen LogP contribution in [-0.4, -0.2) is 38.9 Å². The fraction of sp³-hybridized carbons (Fsp3) is 0.462. The summed E-state index contributed by atoms with van der Waals surface area (Å²) in [6, 6.07) is 3.61. The van der Waals surface area contributed by atoms with Crippen LogP contribution in [0.2, 0.25) is 0 Å². The molecule has 0 N–H and O–H groups in total. The lowest BCUT2D eigenvalue weighted by Crippen LogP contribution is -2.33. The largest absolute Gasteiger partial charge is 0.469 e. The molecule has 0 fully saturated rings. The molecule has 0 spiro atoms. The van der Waals surface area contributed by atoms with E-state index in [2.05, 4.69) is 4.74 Å². The third-order valence-corrected chi connectivity index (χ3v) is 5.03. The fourth-order valence-corrected chi connectivity index (χ4v) is 3.44. The number of sulfonamides is 1. The molecule has 1 rings (SSSR count). The van der Waals surface area contributed by atoms with Gasteiger partial charge in [-0.1, -0.05) is 13.0 Å². The summed E-state index contributed by atoms with van der Waals surface area (Å²) >= 11 is 0. The van der Waals surface area contributed by atoms with Gasteiger partial charge in [0, 0.05) is 13.1 Å². The summed E-state index contributed by atoms with van der Waals surface area (Å²) in [5.41, 5.74) is 0.461. The molecule has 0 aliphatic heterocycles. The standard InChI is InChI=1S/C13H18FNO4S/c1-4-15(8-7-13(16)19-3)20(17,18)12-9-11(14)6-5-10(12)2/h5-6,9H,4,7-8H2,1-3H3. The van der Waals surface area contributed by atoms with E-state index >= 15 is 0 Å². The van der Waals surface area contributed by atoms with Crippen LogP contribution in [0.25, 0.3) is 0 Å². The highest BCUT2D eigenvalue weighted by Crippen LogP contribution is 2.21. The van der Waals surface area contributed by atoms with E-state index in [-0.39, 0.29) is 24.4 Å². The second-order valence-electron chi connectivity index (χ2n) is 4.23. The highest BCUT2D eigenvalue weighted by atomic mass is 32.2. The first-order valence-corrected chi connectivity index (χ1v) is 7.60. The maximum Gasteiger partial charge on any atom is 0.306 e. The minimum atomic E-state index is -3.82. The van der Waals surface area contributed by atoms with Gasteiger partial charge in [0.15, 0.2) is 0 Å². The van der Waals surface area contributed by atoms with E-state index in [0.29, 0.717) is 5.56 Å². The zero-order valence-corrected chi connectivity index (χ0v) is 12.5. The number of ether oxygens (including phenoxy) is 1. The van der Waals surface area contributed by atoms with Crippen molar-refractivity contribution in [3.05, 3.63) is 29.6 Å². The lowest BCUT2D eigenvalue weighted by molar-refractivity contribution is -0.140. The van der Waals surface area contributed by atoms with E-state index in [1.54, 1.807) is 13.8 Å². The van der Waals surface area contributed by atoms with Crippen molar-refractivity contribution < 1.29 is 22.3 Å². The first-order valence-electron chi connectivity index (χ1n) is 6.16. The summed E-state index contributed by atoms with van der Waals surface area (Å²) in [7, 11) is -2.58. The third kappa shape index (κ3) is 3.77. The van der Waals surface area contributed by atoms with Crippen molar-refractivity contribution in [2.24, 2.45) is 0 Å². The molecule has 1 aromatic rings. The number of esters is 1. The topological polar surface area (TPSA) is 63.7 Å². The van der Waals surface area contributed by atoms with Gasteiger partial charge in [-0.2, -0.15) is 4.31 Å². The van der Waals surface area contributed by atoms with Gasteiger partial charge in [-0.15, -0.1) is 0 Å². The molecule has 0 saturated heterocycles. The minimum Gasteiger partial charge on any atom is -0.469 e. The molecule has 112 valence electrons. The maximum absolute atomic E-state index is 13.3. The fourth-order valence-electron chi connectivity index (χ4n) is 1.76. The predicted octanol–water partition coefficient (Wildman–Crippen LogP) is 1.71. The van der Waals surface area contributed by atoms with Gasteiger partial charge in [0.05, 0.1) is 18.4 Å². The number of hydrogen-bond donors (Lipinski definition) is 0. The number of carbonyl (C=O) groups is 1. The van der Waals surface area contributed by atoms with Crippen LogP contribution < -0.4 is 0 Å². The monoisotopic (exact) mass is 303 g/mol. The Morgan fingerprint density at radius 3 is 2.60 bits per heavy atom. The summed E-state index contributed by atoms with van der Waals surface area (Å²) in [6.07, 6.45) is -0.0437. The number of aryl methyl sites for hydroxylation is 1. The van der Waals surface area contributed by atoms with E-state index in [9.17, 15) is 17.6 Å². The first-order chi connectivity index (χ1) is 9.32. The highest BCUT2D eigenvalue weighted by molar-refractivity contribution is 7.89. The number of hydrogen-bond acceptors (Lipinski definition) is 4. The van der Waals surface area contributed by atoms with Gasteiger partial charge in [-0.05, 0) is 24.6 Å². The predicted molar refractivity (Wildman–Crippen MR) is 72.2 cm³/mol. The Bertz CT molecular complexity index is 586. The van der Waals surface area contributed by atoms with Crippen LogP contribution in [0.3, 0.4) is 0 Å². The molecule has 7 heteroatoms. The molecule has 1 aromatic carbocycles. The average molecular weight is 303 g/mol. The van der Waals surface area contributed by atoms with Crippen LogP contribution in [0.15, 0.2) is 23.1 Å². The number of nitrogens with zero attached hydrogens (tertiary/aromatic N) is 1. The SMILES string of the molecule is CCN(CCC(=O)OC)S(=O)(=O)c1cc(F)ccc1C. The number of halogens is 1. The molecule has 0 bridgehead atoms. The van der Waals surface area contributed by atoms with Crippen molar-refractivity contribution >= 4 is 16.0 Å². The second kappa shape index (κ2) is 6.81. The molecule has 0 aliphatic rings. The van der Waals surface area contributed by atoms with E-state index < -0.39 is 21.8 Å². The Hall–Kier alpha value is -1.47. The summed E-state index contributed by atoms with van der Waals surface area (Å²) in [6.45, 7) is 3.45. The van der Waals surface area contributed by atoms with Crippen LogP contribution in [0, 0.1) is 12.7 Å². The lowest BCUT2D eigenvalue weighted by Gasteiger charge is -2.21. The van der Waals surface area contributed by atoms with Gasteiger partial charge >= 0.3 is 5.97 Å². The Kier molecular flexibility index (Phi) is 5.64. The van der Waals surface area contributed by atoms with Crippen molar-refractivity contribution in [1.29, 1.82) is 0 Å². The summed E-state index contributed by atoms with van der Waals surface area (Å²) in [5.74, 6) is -1.10. The molecule has 0 atom stereocenters. The zero-order chi connectivity index (χ0) is 15.3. The molecule has 0 aromatic heterocycles. The molecule has 0 unspecified atom stereocenters. The average Bonchev–Trinajstić information content (AvgIpc) is 2.41. The van der Waals surface area contributed by atoms with Gasteiger partial charge in [-0.25, -0.2) is 12.8 Å².